The van der Waals surface area contributed by atoms with E-state index in [4.69, 9.17) is 9.72 Å². The molecule has 18 heavy (non-hydrogen) atoms. The van der Waals surface area contributed by atoms with Crippen molar-refractivity contribution in [2.75, 3.05) is 7.11 Å². The molecule has 0 spiro atoms. The lowest BCUT2D eigenvalue weighted by atomic mass is 10.0. The second-order valence-corrected chi connectivity index (χ2v) is 4.37. The Morgan fingerprint density at radius 3 is 2.83 bits per heavy atom. The molecule has 0 N–H and O–H groups in total. The Morgan fingerprint density at radius 2 is 2.06 bits per heavy atom. The van der Waals surface area contributed by atoms with Crippen LogP contribution in [-0.2, 0) is 0 Å². The molecule has 1 aromatic carbocycles. The quantitative estimate of drug-likeness (QED) is 0.788. The molecule has 0 saturated heterocycles. The summed E-state index contributed by atoms with van der Waals surface area (Å²) >= 11 is 0. The Balaban J connectivity index is 2.19. The fourth-order valence-electron chi connectivity index (χ4n) is 2.26. The van der Waals surface area contributed by atoms with Gasteiger partial charge in [-0.1, -0.05) is 30.4 Å². The molecule has 1 aromatic heterocycles. The number of ether oxygens (including phenoxy) is 1. The molecular weight excluding hydrogens is 222 g/mol. The summed E-state index contributed by atoms with van der Waals surface area (Å²) in [6.07, 6.45) is 8.77. The number of rotatable bonds is 2. The Bertz CT molecular complexity index is 641. The summed E-state index contributed by atoms with van der Waals surface area (Å²) < 4.78 is 5.47. The van der Waals surface area contributed by atoms with Crippen LogP contribution in [-0.4, -0.2) is 12.1 Å². The summed E-state index contributed by atoms with van der Waals surface area (Å²) in [6, 6.07) is 10.1. The first-order chi connectivity index (χ1) is 8.88. The highest BCUT2D eigenvalue weighted by Gasteiger charge is 2.08. The van der Waals surface area contributed by atoms with Gasteiger partial charge < -0.3 is 4.74 Å². The van der Waals surface area contributed by atoms with E-state index < -0.39 is 0 Å². The first-order valence-corrected chi connectivity index (χ1v) is 6.19. The van der Waals surface area contributed by atoms with Gasteiger partial charge in [0.1, 0.15) is 5.75 Å². The average molecular weight is 237 g/mol. The van der Waals surface area contributed by atoms with E-state index in [1.165, 1.54) is 5.57 Å². The van der Waals surface area contributed by atoms with Crippen LogP contribution in [0.5, 0.6) is 5.75 Å². The fraction of sp³-hybridized carbons (Fsp3) is 0.188. The second-order valence-electron chi connectivity index (χ2n) is 4.37. The molecule has 0 bridgehead atoms. The molecule has 0 atom stereocenters. The minimum Gasteiger partial charge on any atom is -0.496 e. The SMILES string of the molecule is COc1cc(C2=CCCC=C2)nc2ccccc12. The number of aromatic nitrogens is 1. The van der Waals surface area contributed by atoms with E-state index in [0.29, 0.717) is 0 Å². The van der Waals surface area contributed by atoms with Gasteiger partial charge in [-0.3, -0.25) is 0 Å². The number of pyridine rings is 1. The number of nitrogens with zero attached hydrogens (tertiary/aromatic N) is 1. The fourth-order valence-corrected chi connectivity index (χ4v) is 2.26. The lowest BCUT2D eigenvalue weighted by Gasteiger charge is -2.11. The number of para-hydroxylation sites is 1. The largest absolute Gasteiger partial charge is 0.496 e. The van der Waals surface area contributed by atoms with Crippen LogP contribution in [0.25, 0.3) is 16.5 Å². The van der Waals surface area contributed by atoms with Gasteiger partial charge in [0, 0.05) is 11.5 Å². The molecule has 1 aliphatic carbocycles. The van der Waals surface area contributed by atoms with Crippen molar-refractivity contribution < 1.29 is 4.74 Å². The first-order valence-electron chi connectivity index (χ1n) is 6.19. The smallest absolute Gasteiger partial charge is 0.130 e. The van der Waals surface area contributed by atoms with Gasteiger partial charge in [-0.2, -0.15) is 0 Å². The molecule has 0 fully saturated rings. The van der Waals surface area contributed by atoms with E-state index in [1.807, 2.05) is 30.3 Å². The third kappa shape index (κ3) is 1.90. The highest BCUT2D eigenvalue weighted by atomic mass is 16.5. The van der Waals surface area contributed by atoms with Crippen molar-refractivity contribution in [1.29, 1.82) is 0 Å². The zero-order chi connectivity index (χ0) is 12.4. The van der Waals surface area contributed by atoms with Crippen LogP contribution in [0.1, 0.15) is 18.5 Å². The monoisotopic (exact) mass is 237 g/mol. The summed E-state index contributed by atoms with van der Waals surface area (Å²) in [6.45, 7) is 0. The van der Waals surface area contributed by atoms with Crippen LogP contribution in [0.2, 0.25) is 0 Å². The number of methoxy groups -OCH3 is 1. The van der Waals surface area contributed by atoms with Gasteiger partial charge in [0.05, 0.1) is 18.3 Å². The van der Waals surface area contributed by atoms with Crippen molar-refractivity contribution in [2.24, 2.45) is 0 Å². The normalized spacial score (nSPS) is 14.6. The molecule has 2 heteroatoms. The van der Waals surface area contributed by atoms with Crippen LogP contribution in [0.3, 0.4) is 0 Å². The van der Waals surface area contributed by atoms with Crippen molar-refractivity contribution in [3.63, 3.8) is 0 Å². The molecule has 3 rings (SSSR count). The van der Waals surface area contributed by atoms with E-state index >= 15 is 0 Å². The van der Waals surface area contributed by atoms with Gasteiger partial charge >= 0.3 is 0 Å². The van der Waals surface area contributed by atoms with Crippen LogP contribution in [0, 0.1) is 0 Å². The van der Waals surface area contributed by atoms with Crippen molar-refractivity contribution in [2.45, 2.75) is 12.8 Å². The first kappa shape index (κ1) is 11.0. The zero-order valence-corrected chi connectivity index (χ0v) is 10.4. The highest BCUT2D eigenvalue weighted by Crippen LogP contribution is 2.29. The third-order valence-electron chi connectivity index (χ3n) is 3.19. The van der Waals surface area contributed by atoms with E-state index in [2.05, 4.69) is 18.2 Å². The lowest BCUT2D eigenvalue weighted by Crippen LogP contribution is -1.94. The van der Waals surface area contributed by atoms with Crippen molar-refractivity contribution in [1.82, 2.24) is 4.98 Å². The Labute approximate surface area is 107 Å². The average Bonchev–Trinajstić information content (AvgIpc) is 2.47. The number of hydrogen-bond donors (Lipinski definition) is 0. The van der Waals surface area contributed by atoms with Gasteiger partial charge in [-0.25, -0.2) is 4.98 Å². The van der Waals surface area contributed by atoms with Gasteiger partial charge in [0.25, 0.3) is 0 Å². The van der Waals surface area contributed by atoms with E-state index in [0.717, 1.165) is 35.2 Å². The molecular formula is C16H15NO. The molecule has 2 nitrogen and oxygen atoms in total. The zero-order valence-electron chi connectivity index (χ0n) is 10.4. The maximum Gasteiger partial charge on any atom is 0.130 e. The van der Waals surface area contributed by atoms with Gasteiger partial charge in [0.15, 0.2) is 0 Å². The van der Waals surface area contributed by atoms with Gasteiger partial charge in [0.2, 0.25) is 0 Å². The van der Waals surface area contributed by atoms with Crippen molar-refractivity contribution in [3.05, 3.63) is 54.3 Å². The predicted octanol–water partition coefficient (Wildman–Crippen LogP) is 3.98. The molecule has 0 aliphatic heterocycles. The summed E-state index contributed by atoms with van der Waals surface area (Å²) in [4.78, 5) is 4.71. The van der Waals surface area contributed by atoms with Crippen LogP contribution in [0.4, 0.5) is 0 Å². The molecule has 90 valence electrons. The van der Waals surface area contributed by atoms with E-state index in [-0.39, 0.29) is 0 Å². The predicted molar refractivity (Wildman–Crippen MR) is 74.6 cm³/mol. The Morgan fingerprint density at radius 1 is 1.17 bits per heavy atom. The molecule has 1 heterocycles. The summed E-state index contributed by atoms with van der Waals surface area (Å²) in [5.41, 5.74) is 3.15. The Hall–Kier alpha value is -2.09. The van der Waals surface area contributed by atoms with Crippen LogP contribution < -0.4 is 4.74 Å². The van der Waals surface area contributed by atoms with Crippen molar-refractivity contribution >= 4 is 16.5 Å². The maximum atomic E-state index is 5.47. The minimum atomic E-state index is 0.885. The molecule has 0 amide bonds. The van der Waals surface area contributed by atoms with Gasteiger partial charge in [-0.05, 0) is 30.5 Å². The van der Waals surface area contributed by atoms with Crippen LogP contribution in [0.15, 0.2) is 48.6 Å². The van der Waals surface area contributed by atoms with Gasteiger partial charge in [-0.15, -0.1) is 0 Å². The van der Waals surface area contributed by atoms with Crippen LogP contribution >= 0.6 is 0 Å². The maximum absolute atomic E-state index is 5.47. The summed E-state index contributed by atoms with van der Waals surface area (Å²) in [5, 5.41) is 1.06. The minimum absolute atomic E-state index is 0.885. The summed E-state index contributed by atoms with van der Waals surface area (Å²) in [5.74, 6) is 0.885. The standard InChI is InChI=1S/C16H15NO/c1-18-16-11-15(12-7-3-2-4-8-12)17-14-10-6-5-9-13(14)16/h3,5-11H,2,4H2,1H3. The highest BCUT2D eigenvalue weighted by molar-refractivity contribution is 5.88. The molecule has 2 aromatic rings. The number of allylic oxidation sites excluding steroid dienone is 4. The summed E-state index contributed by atoms with van der Waals surface area (Å²) in [7, 11) is 1.71. The molecule has 0 radical (unpaired) electrons. The number of hydrogen-bond acceptors (Lipinski definition) is 2. The lowest BCUT2D eigenvalue weighted by molar-refractivity contribution is 0.419. The number of benzene rings is 1. The van der Waals surface area contributed by atoms with E-state index in [9.17, 15) is 0 Å². The second kappa shape index (κ2) is 4.65. The Kier molecular flexibility index (Phi) is 2.85. The van der Waals surface area contributed by atoms with E-state index in [1.54, 1.807) is 7.11 Å². The molecule has 0 unspecified atom stereocenters. The topological polar surface area (TPSA) is 22.1 Å². The number of fused-ring (bicyclic) bond motifs is 1. The van der Waals surface area contributed by atoms with Crippen molar-refractivity contribution in [3.8, 4) is 5.75 Å². The molecule has 1 aliphatic rings. The third-order valence-corrected chi connectivity index (χ3v) is 3.19. The molecule has 0 saturated carbocycles.